The Morgan fingerprint density at radius 1 is 1.00 bits per heavy atom. The normalized spacial score (nSPS) is 10.7. The van der Waals surface area contributed by atoms with Crippen LogP contribution in [0.5, 0.6) is 0 Å². The number of halogens is 1. The molecule has 0 saturated carbocycles. The summed E-state index contributed by atoms with van der Waals surface area (Å²) in [6, 6.07) is 23.9. The third kappa shape index (κ3) is 4.41. The molecule has 0 bridgehead atoms. The lowest BCUT2D eigenvalue weighted by atomic mass is 10.2. The van der Waals surface area contributed by atoms with Gasteiger partial charge < -0.3 is 5.32 Å². The standard InChI is InChI=1S/C23H19FN4OS/c1-16-14-18(24)12-13-20(16)25-21(29)15-30-23-27-26-22(17-8-4-2-5-9-17)28(23)19-10-6-3-7-11-19/h2-14H,15H2,1H3,(H,25,29). The van der Waals surface area contributed by atoms with Crippen molar-refractivity contribution in [1.29, 1.82) is 0 Å². The molecule has 7 heteroatoms. The average Bonchev–Trinajstić information content (AvgIpc) is 3.19. The van der Waals surface area contributed by atoms with Crippen LogP contribution in [0.15, 0.2) is 84.0 Å². The molecule has 1 heterocycles. The van der Waals surface area contributed by atoms with Gasteiger partial charge in [0.25, 0.3) is 0 Å². The lowest BCUT2D eigenvalue weighted by molar-refractivity contribution is -0.113. The summed E-state index contributed by atoms with van der Waals surface area (Å²) in [5, 5.41) is 12.1. The van der Waals surface area contributed by atoms with Crippen molar-refractivity contribution >= 4 is 23.4 Å². The van der Waals surface area contributed by atoms with E-state index in [1.54, 1.807) is 13.0 Å². The second-order valence-corrected chi connectivity index (χ2v) is 7.58. The third-order valence-electron chi connectivity index (χ3n) is 4.47. The van der Waals surface area contributed by atoms with Gasteiger partial charge >= 0.3 is 0 Å². The first-order valence-corrected chi connectivity index (χ1v) is 10.4. The van der Waals surface area contributed by atoms with Crippen LogP contribution in [0.1, 0.15) is 5.56 Å². The van der Waals surface area contributed by atoms with Crippen molar-refractivity contribution in [2.24, 2.45) is 0 Å². The lowest BCUT2D eigenvalue weighted by Crippen LogP contribution is -2.15. The zero-order valence-corrected chi connectivity index (χ0v) is 17.1. The number of anilines is 1. The monoisotopic (exact) mass is 418 g/mol. The number of amides is 1. The number of benzene rings is 3. The highest BCUT2D eigenvalue weighted by atomic mass is 32.2. The number of rotatable bonds is 6. The van der Waals surface area contributed by atoms with Crippen molar-refractivity contribution in [1.82, 2.24) is 14.8 Å². The zero-order valence-electron chi connectivity index (χ0n) is 16.2. The van der Waals surface area contributed by atoms with Crippen molar-refractivity contribution in [3.8, 4) is 17.1 Å². The minimum absolute atomic E-state index is 0.149. The molecule has 5 nitrogen and oxygen atoms in total. The molecule has 3 aromatic carbocycles. The number of nitrogens with zero attached hydrogens (tertiary/aromatic N) is 3. The van der Waals surface area contributed by atoms with Crippen LogP contribution in [0.2, 0.25) is 0 Å². The van der Waals surface area contributed by atoms with Crippen molar-refractivity contribution in [2.45, 2.75) is 12.1 Å². The summed E-state index contributed by atoms with van der Waals surface area (Å²) < 4.78 is 15.2. The molecule has 0 radical (unpaired) electrons. The Bertz CT molecular complexity index is 1160. The van der Waals surface area contributed by atoms with Gasteiger partial charge in [-0.15, -0.1) is 10.2 Å². The Kier molecular flexibility index (Phi) is 5.90. The van der Waals surface area contributed by atoms with Crippen LogP contribution in [0.4, 0.5) is 10.1 Å². The fourth-order valence-electron chi connectivity index (χ4n) is 3.03. The number of para-hydroxylation sites is 1. The maximum Gasteiger partial charge on any atom is 0.234 e. The number of nitrogens with one attached hydrogen (secondary N) is 1. The van der Waals surface area contributed by atoms with E-state index in [2.05, 4.69) is 15.5 Å². The molecule has 0 spiro atoms. The Balaban J connectivity index is 1.57. The molecule has 4 rings (SSSR count). The van der Waals surface area contributed by atoms with Gasteiger partial charge in [0.05, 0.1) is 5.75 Å². The number of thioether (sulfide) groups is 1. The number of aromatic nitrogens is 3. The Morgan fingerprint density at radius 3 is 2.40 bits per heavy atom. The number of carbonyl (C=O) groups excluding carboxylic acids is 1. The van der Waals surface area contributed by atoms with Gasteiger partial charge in [-0.05, 0) is 42.8 Å². The van der Waals surface area contributed by atoms with Crippen molar-refractivity contribution in [3.05, 3.63) is 90.2 Å². The van der Waals surface area contributed by atoms with Gasteiger partial charge in [-0.25, -0.2) is 4.39 Å². The van der Waals surface area contributed by atoms with Crippen LogP contribution in [0.25, 0.3) is 17.1 Å². The molecule has 0 aliphatic heterocycles. The second kappa shape index (κ2) is 8.92. The van der Waals surface area contributed by atoms with Crippen LogP contribution < -0.4 is 5.32 Å². The molecule has 150 valence electrons. The molecule has 1 amide bonds. The van der Waals surface area contributed by atoms with Crippen LogP contribution in [0, 0.1) is 12.7 Å². The number of carbonyl (C=O) groups is 1. The predicted molar refractivity (Wildman–Crippen MR) is 117 cm³/mol. The predicted octanol–water partition coefficient (Wildman–Crippen LogP) is 5.11. The molecule has 0 aliphatic carbocycles. The maximum absolute atomic E-state index is 13.3. The largest absolute Gasteiger partial charge is 0.325 e. The molecular formula is C23H19FN4OS. The van der Waals surface area contributed by atoms with Crippen molar-refractivity contribution in [3.63, 3.8) is 0 Å². The lowest BCUT2D eigenvalue weighted by Gasteiger charge is -2.11. The molecular weight excluding hydrogens is 399 g/mol. The topological polar surface area (TPSA) is 59.8 Å². The number of hydrogen-bond donors (Lipinski definition) is 1. The van der Waals surface area contributed by atoms with Crippen LogP contribution in [-0.4, -0.2) is 26.4 Å². The van der Waals surface area contributed by atoms with E-state index < -0.39 is 0 Å². The molecule has 30 heavy (non-hydrogen) atoms. The highest BCUT2D eigenvalue weighted by molar-refractivity contribution is 7.99. The molecule has 1 N–H and O–H groups in total. The zero-order chi connectivity index (χ0) is 20.9. The fourth-order valence-corrected chi connectivity index (χ4v) is 3.78. The van der Waals surface area contributed by atoms with Gasteiger partial charge in [-0.2, -0.15) is 0 Å². The number of aryl methyl sites for hydroxylation is 1. The van der Waals surface area contributed by atoms with Gasteiger partial charge in [0.15, 0.2) is 11.0 Å². The summed E-state index contributed by atoms with van der Waals surface area (Å²) in [7, 11) is 0. The van der Waals surface area contributed by atoms with E-state index in [-0.39, 0.29) is 17.5 Å². The summed E-state index contributed by atoms with van der Waals surface area (Å²) in [4.78, 5) is 12.5. The highest BCUT2D eigenvalue weighted by Gasteiger charge is 2.17. The first kappa shape index (κ1) is 19.8. The maximum atomic E-state index is 13.3. The Labute approximate surface area is 178 Å². The summed E-state index contributed by atoms with van der Waals surface area (Å²) in [6.45, 7) is 1.75. The minimum Gasteiger partial charge on any atom is -0.325 e. The van der Waals surface area contributed by atoms with Gasteiger partial charge in [-0.3, -0.25) is 9.36 Å². The second-order valence-electron chi connectivity index (χ2n) is 6.64. The molecule has 1 aromatic heterocycles. The molecule has 0 aliphatic rings. The van der Waals surface area contributed by atoms with E-state index in [9.17, 15) is 9.18 Å². The van der Waals surface area contributed by atoms with Crippen LogP contribution in [0.3, 0.4) is 0 Å². The summed E-state index contributed by atoms with van der Waals surface area (Å²) in [5.41, 5.74) is 3.12. The Hall–Kier alpha value is -3.45. The summed E-state index contributed by atoms with van der Waals surface area (Å²) in [5.74, 6) is 0.332. The molecule has 4 aromatic rings. The molecule has 0 saturated heterocycles. The highest BCUT2D eigenvalue weighted by Crippen LogP contribution is 2.28. The van der Waals surface area contributed by atoms with Gasteiger partial charge in [0.1, 0.15) is 5.82 Å². The Morgan fingerprint density at radius 2 is 1.70 bits per heavy atom. The molecule has 0 fully saturated rings. The van der Waals surface area contributed by atoms with Gasteiger partial charge in [0, 0.05) is 16.9 Å². The average molecular weight is 418 g/mol. The van der Waals surface area contributed by atoms with Gasteiger partial charge in [0.2, 0.25) is 5.91 Å². The third-order valence-corrected chi connectivity index (χ3v) is 5.40. The molecule has 0 unspecified atom stereocenters. The minimum atomic E-state index is -0.329. The quantitative estimate of drug-likeness (QED) is 0.442. The fraction of sp³-hybridized carbons (Fsp3) is 0.0870. The summed E-state index contributed by atoms with van der Waals surface area (Å²) >= 11 is 1.30. The van der Waals surface area contributed by atoms with E-state index in [0.29, 0.717) is 22.2 Å². The van der Waals surface area contributed by atoms with Crippen molar-refractivity contribution < 1.29 is 9.18 Å². The molecule has 0 atom stereocenters. The number of hydrogen-bond acceptors (Lipinski definition) is 4. The van der Waals surface area contributed by atoms with E-state index in [4.69, 9.17) is 0 Å². The van der Waals surface area contributed by atoms with Crippen LogP contribution >= 0.6 is 11.8 Å². The van der Waals surface area contributed by atoms with Crippen LogP contribution in [-0.2, 0) is 4.79 Å². The summed E-state index contributed by atoms with van der Waals surface area (Å²) in [6.07, 6.45) is 0. The van der Waals surface area contributed by atoms with E-state index in [1.807, 2.05) is 65.2 Å². The van der Waals surface area contributed by atoms with E-state index in [1.165, 1.54) is 23.9 Å². The van der Waals surface area contributed by atoms with E-state index >= 15 is 0 Å². The smallest absolute Gasteiger partial charge is 0.234 e. The van der Waals surface area contributed by atoms with Crippen molar-refractivity contribution in [2.75, 3.05) is 11.1 Å². The van der Waals surface area contributed by atoms with Gasteiger partial charge in [-0.1, -0.05) is 60.3 Å². The SMILES string of the molecule is Cc1cc(F)ccc1NC(=O)CSc1nnc(-c2ccccc2)n1-c1ccccc1. The first-order chi connectivity index (χ1) is 14.6. The first-order valence-electron chi connectivity index (χ1n) is 9.37. The van der Waals surface area contributed by atoms with E-state index in [0.717, 1.165) is 11.3 Å².